The lowest BCUT2D eigenvalue weighted by molar-refractivity contribution is 0.0863. The molecule has 1 fully saturated rings. The highest BCUT2D eigenvalue weighted by atomic mass is 32.1. The summed E-state index contributed by atoms with van der Waals surface area (Å²) in [6.45, 7) is 14.8. The molecule has 1 aliphatic heterocycles. The van der Waals surface area contributed by atoms with Gasteiger partial charge in [0.1, 0.15) is 0 Å². The van der Waals surface area contributed by atoms with E-state index >= 15 is 0 Å². The van der Waals surface area contributed by atoms with Crippen molar-refractivity contribution in [1.82, 2.24) is 15.2 Å². The third-order valence-corrected chi connectivity index (χ3v) is 5.37. The van der Waals surface area contributed by atoms with E-state index in [1.165, 1.54) is 11.6 Å². The van der Waals surface area contributed by atoms with Gasteiger partial charge in [-0.2, -0.15) is 0 Å². The molecule has 0 aliphatic carbocycles. The first-order valence-electron chi connectivity index (χ1n) is 7.85. The minimum Gasteiger partial charge on any atom is -0.311 e. The van der Waals surface area contributed by atoms with Gasteiger partial charge in [-0.3, -0.25) is 4.90 Å². The number of piperazine rings is 1. The minimum absolute atomic E-state index is 0.628. The summed E-state index contributed by atoms with van der Waals surface area (Å²) < 4.78 is 0. The molecule has 1 saturated heterocycles. The second-order valence-corrected chi connectivity index (χ2v) is 7.64. The van der Waals surface area contributed by atoms with Gasteiger partial charge < -0.3 is 5.32 Å². The van der Waals surface area contributed by atoms with E-state index in [-0.39, 0.29) is 0 Å². The number of aryl methyl sites for hydroxylation is 1. The molecule has 0 spiro atoms. The maximum atomic E-state index is 4.60. The van der Waals surface area contributed by atoms with E-state index < -0.39 is 0 Å². The first-order chi connectivity index (χ1) is 9.47. The van der Waals surface area contributed by atoms with E-state index in [1.807, 2.05) is 0 Å². The van der Waals surface area contributed by atoms with E-state index in [0.29, 0.717) is 23.9 Å². The van der Waals surface area contributed by atoms with Gasteiger partial charge in [0.05, 0.1) is 5.01 Å². The van der Waals surface area contributed by atoms with Crippen LogP contribution in [0.1, 0.15) is 38.4 Å². The fourth-order valence-electron chi connectivity index (χ4n) is 2.97. The van der Waals surface area contributed by atoms with Gasteiger partial charge in [-0.1, -0.05) is 27.7 Å². The molecule has 2 rings (SSSR count). The standard InChI is InChI=1S/C16H29N3S/c1-11(2)14-9-19(15(8-17-14)12(3)4)7-6-16-18-13(5)10-20-16/h10-12,14-15,17H,6-9H2,1-5H3. The fourth-order valence-corrected chi connectivity index (χ4v) is 3.74. The van der Waals surface area contributed by atoms with Gasteiger partial charge in [0.25, 0.3) is 0 Å². The highest BCUT2D eigenvalue weighted by Crippen LogP contribution is 2.19. The van der Waals surface area contributed by atoms with Crippen LogP contribution in [0.15, 0.2) is 5.38 Å². The molecule has 4 heteroatoms. The molecule has 3 nitrogen and oxygen atoms in total. The van der Waals surface area contributed by atoms with Crippen LogP contribution in [0, 0.1) is 18.8 Å². The zero-order chi connectivity index (χ0) is 14.7. The third-order valence-electron chi connectivity index (χ3n) is 4.34. The topological polar surface area (TPSA) is 28.2 Å². The van der Waals surface area contributed by atoms with E-state index in [4.69, 9.17) is 0 Å². The molecular weight excluding hydrogens is 266 g/mol. The predicted molar refractivity (Wildman–Crippen MR) is 87.4 cm³/mol. The van der Waals surface area contributed by atoms with Gasteiger partial charge in [0.15, 0.2) is 0 Å². The summed E-state index contributed by atoms with van der Waals surface area (Å²) in [7, 11) is 0. The Morgan fingerprint density at radius 3 is 2.65 bits per heavy atom. The van der Waals surface area contributed by atoms with Crippen LogP contribution in [0.25, 0.3) is 0 Å². The van der Waals surface area contributed by atoms with Gasteiger partial charge in [-0.25, -0.2) is 4.98 Å². The van der Waals surface area contributed by atoms with E-state index in [0.717, 1.165) is 25.2 Å². The molecule has 2 unspecified atom stereocenters. The van der Waals surface area contributed by atoms with Crippen molar-refractivity contribution in [3.05, 3.63) is 16.1 Å². The van der Waals surface area contributed by atoms with Crippen LogP contribution < -0.4 is 5.32 Å². The number of thiazole rings is 1. The smallest absolute Gasteiger partial charge is 0.0940 e. The lowest BCUT2D eigenvalue weighted by atomic mass is 9.94. The summed E-state index contributed by atoms with van der Waals surface area (Å²) in [4.78, 5) is 7.28. The third kappa shape index (κ3) is 4.03. The van der Waals surface area contributed by atoms with Crippen molar-refractivity contribution >= 4 is 11.3 Å². The summed E-state index contributed by atoms with van der Waals surface area (Å²) in [5.74, 6) is 1.40. The number of nitrogens with zero attached hydrogens (tertiary/aromatic N) is 2. The average Bonchev–Trinajstić information content (AvgIpc) is 2.81. The molecule has 114 valence electrons. The minimum atomic E-state index is 0.628. The van der Waals surface area contributed by atoms with Gasteiger partial charge in [-0.15, -0.1) is 11.3 Å². The van der Waals surface area contributed by atoms with Crippen molar-refractivity contribution in [1.29, 1.82) is 0 Å². The maximum absolute atomic E-state index is 4.60. The Hall–Kier alpha value is -0.450. The molecule has 0 bridgehead atoms. The Morgan fingerprint density at radius 1 is 1.35 bits per heavy atom. The van der Waals surface area contributed by atoms with E-state index in [1.54, 1.807) is 11.3 Å². The van der Waals surface area contributed by atoms with Crippen molar-refractivity contribution in [2.24, 2.45) is 11.8 Å². The van der Waals surface area contributed by atoms with Crippen molar-refractivity contribution in [2.75, 3.05) is 19.6 Å². The first kappa shape index (κ1) is 15.9. The molecule has 1 aliphatic rings. The SMILES string of the molecule is Cc1csc(CCN2CC(C(C)C)NCC2C(C)C)n1. The Balaban J connectivity index is 1.96. The maximum Gasteiger partial charge on any atom is 0.0940 e. The summed E-state index contributed by atoms with van der Waals surface area (Å²) in [5, 5.41) is 7.17. The molecule has 1 aromatic heterocycles. The monoisotopic (exact) mass is 295 g/mol. The molecule has 1 aromatic rings. The van der Waals surface area contributed by atoms with Crippen LogP contribution in [0.4, 0.5) is 0 Å². The van der Waals surface area contributed by atoms with Crippen LogP contribution >= 0.6 is 11.3 Å². The Labute approximate surface area is 127 Å². The number of hydrogen-bond acceptors (Lipinski definition) is 4. The Morgan fingerprint density at radius 2 is 2.10 bits per heavy atom. The van der Waals surface area contributed by atoms with Crippen molar-refractivity contribution in [3.8, 4) is 0 Å². The Bertz CT molecular complexity index is 414. The van der Waals surface area contributed by atoms with Gasteiger partial charge >= 0.3 is 0 Å². The molecule has 0 saturated carbocycles. The second kappa shape index (κ2) is 7.01. The molecule has 2 heterocycles. The van der Waals surface area contributed by atoms with Crippen LogP contribution in [0.5, 0.6) is 0 Å². The summed E-state index contributed by atoms with van der Waals surface area (Å²) in [6, 6.07) is 1.29. The molecule has 0 amide bonds. The van der Waals surface area contributed by atoms with Crippen LogP contribution in [-0.2, 0) is 6.42 Å². The van der Waals surface area contributed by atoms with Crippen molar-refractivity contribution in [2.45, 2.75) is 53.1 Å². The first-order valence-corrected chi connectivity index (χ1v) is 8.73. The summed E-state index contributed by atoms with van der Waals surface area (Å²) in [6.07, 6.45) is 1.09. The molecule has 0 aromatic carbocycles. The zero-order valence-electron chi connectivity index (χ0n) is 13.5. The number of rotatable bonds is 5. The van der Waals surface area contributed by atoms with Crippen molar-refractivity contribution < 1.29 is 0 Å². The number of nitrogens with one attached hydrogen (secondary N) is 1. The lowest BCUT2D eigenvalue weighted by Crippen LogP contribution is -2.59. The predicted octanol–water partition coefficient (Wildman–Crippen LogP) is 2.95. The van der Waals surface area contributed by atoms with Crippen LogP contribution in [0.3, 0.4) is 0 Å². The molecule has 1 N–H and O–H groups in total. The van der Waals surface area contributed by atoms with Gasteiger partial charge in [-0.05, 0) is 18.8 Å². The quantitative estimate of drug-likeness (QED) is 0.905. The summed E-state index contributed by atoms with van der Waals surface area (Å²) in [5.41, 5.74) is 1.16. The highest BCUT2D eigenvalue weighted by molar-refractivity contribution is 7.09. The lowest BCUT2D eigenvalue weighted by Gasteiger charge is -2.43. The molecule has 2 atom stereocenters. The number of hydrogen-bond donors (Lipinski definition) is 1. The molecular formula is C16H29N3S. The van der Waals surface area contributed by atoms with Gasteiger partial charge in [0, 0.05) is 49.2 Å². The van der Waals surface area contributed by atoms with Crippen molar-refractivity contribution in [3.63, 3.8) is 0 Å². The molecule has 20 heavy (non-hydrogen) atoms. The van der Waals surface area contributed by atoms with Crippen LogP contribution in [0.2, 0.25) is 0 Å². The van der Waals surface area contributed by atoms with Gasteiger partial charge in [0.2, 0.25) is 0 Å². The van der Waals surface area contributed by atoms with E-state index in [2.05, 4.69) is 55.2 Å². The zero-order valence-corrected chi connectivity index (χ0v) is 14.3. The molecule has 0 radical (unpaired) electrons. The largest absolute Gasteiger partial charge is 0.311 e. The fraction of sp³-hybridized carbons (Fsp3) is 0.812. The normalized spacial score (nSPS) is 24.8. The number of aromatic nitrogens is 1. The average molecular weight is 295 g/mol. The second-order valence-electron chi connectivity index (χ2n) is 6.70. The summed E-state index contributed by atoms with van der Waals surface area (Å²) >= 11 is 1.80. The van der Waals surface area contributed by atoms with Crippen LogP contribution in [-0.4, -0.2) is 41.6 Å². The highest BCUT2D eigenvalue weighted by Gasteiger charge is 2.30. The Kier molecular flexibility index (Phi) is 5.58. The van der Waals surface area contributed by atoms with E-state index in [9.17, 15) is 0 Å².